The number of benzene rings is 1. The van der Waals surface area contributed by atoms with Crippen LogP contribution in [0.5, 0.6) is 0 Å². The zero-order valence-electron chi connectivity index (χ0n) is 15.8. The fourth-order valence-electron chi connectivity index (χ4n) is 2.95. The standard InChI is InChI=1S/C20H27NO6/c1-3-12-25-19(23)18(20(24)26-13-4-2)17-11-10-16(14-22)27-21(17)15-8-6-5-7-9-15/h5-9,14,16-18H,3-4,10-13H2,1-2H3/t16-,17-/m1/s1. The Hall–Kier alpha value is -2.41. The minimum atomic E-state index is -1.14. The lowest BCUT2D eigenvalue weighted by atomic mass is 9.92. The molecule has 2 rings (SSSR count). The Labute approximate surface area is 159 Å². The second kappa shape index (κ2) is 10.7. The number of carbonyl (C=O) groups is 3. The molecule has 1 aliphatic heterocycles. The third-order valence-electron chi connectivity index (χ3n) is 4.25. The quantitative estimate of drug-likeness (QED) is 0.372. The molecular formula is C20H27NO6. The van der Waals surface area contributed by atoms with Gasteiger partial charge in [-0.25, -0.2) is 5.06 Å². The first-order chi connectivity index (χ1) is 13.1. The molecule has 0 aromatic heterocycles. The SMILES string of the molecule is CCCOC(=O)C(C(=O)OCCC)[C@H]1CC[C@H](C=O)ON1c1ccccc1. The Balaban J connectivity index is 2.32. The number of carbonyl (C=O) groups excluding carboxylic acids is 3. The van der Waals surface area contributed by atoms with Gasteiger partial charge in [0, 0.05) is 0 Å². The highest BCUT2D eigenvalue weighted by atomic mass is 16.7. The minimum Gasteiger partial charge on any atom is -0.465 e. The molecule has 7 nitrogen and oxygen atoms in total. The lowest BCUT2D eigenvalue weighted by Gasteiger charge is -2.40. The molecule has 27 heavy (non-hydrogen) atoms. The third kappa shape index (κ3) is 5.53. The van der Waals surface area contributed by atoms with Gasteiger partial charge >= 0.3 is 11.9 Å². The highest BCUT2D eigenvalue weighted by Gasteiger charge is 2.44. The Kier molecular flexibility index (Phi) is 8.26. The van der Waals surface area contributed by atoms with Crippen LogP contribution in [0.1, 0.15) is 39.5 Å². The summed E-state index contributed by atoms with van der Waals surface area (Å²) < 4.78 is 10.5. The topological polar surface area (TPSA) is 82.1 Å². The molecule has 0 aliphatic carbocycles. The van der Waals surface area contributed by atoms with Crippen LogP contribution in [0.2, 0.25) is 0 Å². The van der Waals surface area contributed by atoms with Crippen molar-refractivity contribution >= 4 is 23.9 Å². The van der Waals surface area contributed by atoms with Gasteiger partial charge in [0.25, 0.3) is 0 Å². The van der Waals surface area contributed by atoms with Gasteiger partial charge in [0.2, 0.25) is 0 Å². The lowest BCUT2D eigenvalue weighted by molar-refractivity contribution is -0.166. The van der Waals surface area contributed by atoms with Gasteiger partial charge in [-0.1, -0.05) is 32.0 Å². The van der Waals surface area contributed by atoms with E-state index in [9.17, 15) is 14.4 Å². The van der Waals surface area contributed by atoms with Gasteiger partial charge in [0.15, 0.2) is 12.2 Å². The molecule has 1 aliphatic rings. The summed E-state index contributed by atoms with van der Waals surface area (Å²) in [5.74, 6) is -2.40. The van der Waals surface area contributed by atoms with Gasteiger partial charge in [-0.05, 0) is 37.8 Å². The first-order valence-electron chi connectivity index (χ1n) is 9.42. The van der Waals surface area contributed by atoms with Crippen LogP contribution in [-0.4, -0.2) is 43.6 Å². The number of hydroxylamine groups is 1. The van der Waals surface area contributed by atoms with Gasteiger partial charge in [0.05, 0.1) is 24.9 Å². The fourth-order valence-corrected chi connectivity index (χ4v) is 2.95. The molecule has 1 fully saturated rings. The molecule has 7 heteroatoms. The lowest BCUT2D eigenvalue weighted by Crippen LogP contribution is -2.53. The van der Waals surface area contributed by atoms with Crippen LogP contribution in [0.25, 0.3) is 0 Å². The number of ether oxygens (including phenoxy) is 2. The van der Waals surface area contributed by atoms with Gasteiger partial charge in [-0.2, -0.15) is 0 Å². The Morgan fingerprint density at radius 2 is 1.70 bits per heavy atom. The van der Waals surface area contributed by atoms with Crippen molar-refractivity contribution in [2.24, 2.45) is 5.92 Å². The van der Waals surface area contributed by atoms with Gasteiger partial charge in [0.1, 0.15) is 6.10 Å². The van der Waals surface area contributed by atoms with E-state index >= 15 is 0 Å². The minimum absolute atomic E-state index is 0.228. The molecule has 148 valence electrons. The summed E-state index contributed by atoms with van der Waals surface area (Å²) >= 11 is 0. The maximum absolute atomic E-state index is 12.7. The van der Waals surface area contributed by atoms with Crippen molar-refractivity contribution in [1.29, 1.82) is 0 Å². The number of aldehydes is 1. The van der Waals surface area contributed by atoms with Crippen molar-refractivity contribution in [3.05, 3.63) is 30.3 Å². The Morgan fingerprint density at radius 3 is 2.22 bits per heavy atom. The van der Waals surface area contributed by atoms with E-state index in [1.54, 1.807) is 12.1 Å². The molecule has 0 unspecified atom stereocenters. The number of rotatable bonds is 9. The van der Waals surface area contributed by atoms with Crippen LogP contribution in [0.4, 0.5) is 5.69 Å². The van der Waals surface area contributed by atoms with E-state index in [2.05, 4.69) is 0 Å². The molecule has 0 bridgehead atoms. The number of nitrogens with zero attached hydrogens (tertiary/aromatic N) is 1. The zero-order chi connectivity index (χ0) is 19.6. The second-order valence-electron chi connectivity index (χ2n) is 6.40. The maximum atomic E-state index is 12.7. The molecule has 0 N–H and O–H groups in total. The normalized spacial score (nSPS) is 19.6. The van der Waals surface area contributed by atoms with Crippen molar-refractivity contribution in [2.45, 2.75) is 51.7 Å². The first kappa shape index (κ1) is 20.9. The predicted octanol–water partition coefficient (Wildman–Crippen LogP) is 2.68. The van der Waals surface area contributed by atoms with Crippen LogP contribution >= 0.6 is 0 Å². The molecule has 0 spiro atoms. The average molecular weight is 377 g/mol. The van der Waals surface area contributed by atoms with Gasteiger partial charge in [-0.15, -0.1) is 0 Å². The van der Waals surface area contributed by atoms with E-state index in [0.717, 1.165) is 6.29 Å². The fraction of sp³-hybridized carbons (Fsp3) is 0.550. The van der Waals surface area contributed by atoms with Crippen molar-refractivity contribution in [3.63, 3.8) is 0 Å². The maximum Gasteiger partial charge on any atom is 0.322 e. The van der Waals surface area contributed by atoms with Crippen LogP contribution in [0, 0.1) is 5.92 Å². The average Bonchev–Trinajstić information content (AvgIpc) is 2.71. The van der Waals surface area contributed by atoms with E-state index in [0.29, 0.717) is 31.4 Å². The van der Waals surface area contributed by atoms with E-state index in [-0.39, 0.29) is 13.2 Å². The molecule has 0 saturated carbocycles. The zero-order valence-corrected chi connectivity index (χ0v) is 15.8. The summed E-state index contributed by atoms with van der Waals surface area (Å²) in [6, 6.07) is 8.47. The first-order valence-corrected chi connectivity index (χ1v) is 9.42. The predicted molar refractivity (Wildman–Crippen MR) is 98.9 cm³/mol. The van der Waals surface area contributed by atoms with Crippen LogP contribution in [0.3, 0.4) is 0 Å². The van der Waals surface area contributed by atoms with Crippen molar-refractivity contribution in [1.82, 2.24) is 0 Å². The summed E-state index contributed by atoms with van der Waals surface area (Å²) in [6.07, 6.45) is 2.24. The van der Waals surface area contributed by atoms with Crippen molar-refractivity contribution < 1.29 is 28.7 Å². The number of esters is 2. The van der Waals surface area contributed by atoms with E-state index in [1.807, 2.05) is 32.0 Å². The number of hydrogen-bond donors (Lipinski definition) is 0. The van der Waals surface area contributed by atoms with Crippen molar-refractivity contribution in [3.8, 4) is 0 Å². The Morgan fingerprint density at radius 1 is 1.11 bits per heavy atom. The smallest absolute Gasteiger partial charge is 0.322 e. The summed E-state index contributed by atoms with van der Waals surface area (Å²) in [6.45, 7) is 4.22. The van der Waals surface area contributed by atoms with E-state index in [1.165, 1.54) is 5.06 Å². The highest BCUT2D eigenvalue weighted by molar-refractivity contribution is 5.96. The molecule has 1 aromatic carbocycles. The summed E-state index contributed by atoms with van der Waals surface area (Å²) in [5, 5.41) is 1.48. The van der Waals surface area contributed by atoms with Gasteiger partial charge in [-0.3, -0.25) is 14.4 Å². The summed E-state index contributed by atoms with van der Waals surface area (Å²) in [7, 11) is 0. The third-order valence-corrected chi connectivity index (χ3v) is 4.25. The van der Waals surface area contributed by atoms with E-state index in [4.69, 9.17) is 14.3 Å². The van der Waals surface area contributed by atoms with Crippen molar-refractivity contribution in [2.75, 3.05) is 18.3 Å². The number of hydrogen-bond acceptors (Lipinski definition) is 7. The molecule has 1 heterocycles. The van der Waals surface area contributed by atoms with Crippen LogP contribution < -0.4 is 5.06 Å². The largest absolute Gasteiger partial charge is 0.465 e. The number of anilines is 1. The molecular weight excluding hydrogens is 350 g/mol. The van der Waals surface area contributed by atoms with Crippen LogP contribution in [-0.2, 0) is 28.7 Å². The highest BCUT2D eigenvalue weighted by Crippen LogP contribution is 2.31. The summed E-state index contributed by atoms with van der Waals surface area (Å²) in [5.41, 5.74) is 0.658. The second-order valence-corrected chi connectivity index (χ2v) is 6.40. The molecule has 1 aromatic rings. The van der Waals surface area contributed by atoms with Crippen LogP contribution in [0.15, 0.2) is 30.3 Å². The summed E-state index contributed by atoms with van der Waals surface area (Å²) in [4.78, 5) is 42.3. The molecule has 2 atom stereocenters. The number of para-hydroxylation sites is 1. The molecule has 1 saturated heterocycles. The van der Waals surface area contributed by atoms with E-state index < -0.39 is 30.0 Å². The van der Waals surface area contributed by atoms with Gasteiger partial charge < -0.3 is 14.3 Å². The Bertz CT molecular complexity index is 600. The molecule has 0 radical (unpaired) electrons. The molecule has 0 amide bonds. The monoisotopic (exact) mass is 377 g/mol.